The summed E-state index contributed by atoms with van der Waals surface area (Å²) in [5, 5.41) is 9.09. The van der Waals surface area contributed by atoms with E-state index in [9.17, 15) is 4.79 Å². The second-order valence-corrected chi connectivity index (χ2v) is 5.03. The van der Waals surface area contributed by atoms with Gasteiger partial charge in [0.25, 0.3) is 0 Å². The summed E-state index contributed by atoms with van der Waals surface area (Å²) in [6.45, 7) is 3.75. The van der Waals surface area contributed by atoms with Gasteiger partial charge in [0.1, 0.15) is 0 Å². The number of aliphatic hydroxyl groups excluding tert-OH is 1. The van der Waals surface area contributed by atoms with Crippen LogP contribution in [0.4, 0.5) is 0 Å². The fourth-order valence-electron chi connectivity index (χ4n) is 2.67. The lowest BCUT2D eigenvalue weighted by atomic mass is 10.2. The number of oxazole rings is 1. The summed E-state index contributed by atoms with van der Waals surface area (Å²) in [7, 11) is 0. The number of hydrogen-bond donors (Lipinski definition) is 1. The van der Waals surface area contributed by atoms with Crippen molar-refractivity contribution in [2.75, 3.05) is 19.6 Å². The molecule has 0 radical (unpaired) electrons. The van der Waals surface area contributed by atoms with Crippen molar-refractivity contribution in [2.24, 2.45) is 0 Å². The zero-order valence-electron chi connectivity index (χ0n) is 10.8. The van der Waals surface area contributed by atoms with E-state index in [4.69, 9.17) is 9.52 Å². The van der Waals surface area contributed by atoms with Gasteiger partial charge in [0.15, 0.2) is 5.58 Å². The molecule has 0 amide bonds. The van der Waals surface area contributed by atoms with Crippen LogP contribution in [0.25, 0.3) is 11.1 Å². The summed E-state index contributed by atoms with van der Waals surface area (Å²) in [6, 6.07) is 5.39. The average Bonchev–Trinajstić information content (AvgIpc) is 3.02. The van der Waals surface area contributed by atoms with Crippen LogP contribution in [0.1, 0.15) is 18.4 Å². The molecule has 0 saturated carbocycles. The first-order valence-electron chi connectivity index (χ1n) is 6.73. The van der Waals surface area contributed by atoms with E-state index in [-0.39, 0.29) is 12.4 Å². The maximum atomic E-state index is 11.9. The van der Waals surface area contributed by atoms with Gasteiger partial charge < -0.3 is 14.4 Å². The molecule has 0 aliphatic carbocycles. The van der Waals surface area contributed by atoms with E-state index in [1.807, 2.05) is 12.1 Å². The molecule has 2 aromatic rings. The Kier molecular flexibility index (Phi) is 3.40. The number of rotatable bonds is 4. The number of fused-ring (bicyclic) bond motifs is 1. The van der Waals surface area contributed by atoms with Crippen LogP contribution in [-0.2, 0) is 13.2 Å². The maximum absolute atomic E-state index is 11.9. The van der Waals surface area contributed by atoms with E-state index >= 15 is 0 Å². The largest absolute Gasteiger partial charge is 0.419 e. The first-order chi connectivity index (χ1) is 9.28. The number of benzene rings is 1. The number of aromatic nitrogens is 1. The highest BCUT2D eigenvalue weighted by Crippen LogP contribution is 2.15. The van der Waals surface area contributed by atoms with E-state index in [2.05, 4.69) is 4.90 Å². The predicted octanol–water partition coefficient (Wildman–Crippen LogP) is 1.18. The highest BCUT2D eigenvalue weighted by Gasteiger charge is 2.14. The Bertz CT molecular complexity index is 623. The molecule has 3 rings (SSSR count). The highest BCUT2D eigenvalue weighted by molar-refractivity contribution is 5.73. The van der Waals surface area contributed by atoms with Gasteiger partial charge in [-0.3, -0.25) is 4.57 Å². The Labute approximate surface area is 111 Å². The molecule has 0 spiro atoms. The topological polar surface area (TPSA) is 58.6 Å². The van der Waals surface area contributed by atoms with Crippen LogP contribution in [0.2, 0.25) is 0 Å². The normalized spacial score (nSPS) is 16.5. The van der Waals surface area contributed by atoms with Crippen LogP contribution >= 0.6 is 0 Å². The summed E-state index contributed by atoms with van der Waals surface area (Å²) in [5.41, 5.74) is 2.12. The SMILES string of the molecule is O=c1oc2cc(CO)ccc2n1CCN1CCCC1. The summed E-state index contributed by atoms with van der Waals surface area (Å²) < 4.78 is 6.91. The zero-order chi connectivity index (χ0) is 13.2. The quantitative estimate of drug-likeness (QED) is 0.899. The van der Waals surface area contributed by atoms with Crippen LogP contribution in [0.3, 0.4) is 0 Å². The summed E-state index contributed by atoms with van der Waals surface area (Å²) in [6.07, 6.45) is 2.50. The number of aliphatic hydroxyl groups is 1. The molecular formula is C14H18N2O3. The molecule has 1 aliphatic heterocycles. The van der Waals surface area contributed by atoms with Gasteiger partial charge in [-0.2, -0.15) is 0 Å². The molecule has 5 heteroatoms. The van der Waals surface area contributed by atoms with Gasteiger partial charge in [0, 0.05) is 13.1 Å². The van der Waals surface area contributed by atoms with Gasteiger partial charge in [0.2, 0.25) is 0 Å². The highest BCUT2D eigenvalue weighted by atomic mass is 16.4. The Morgan fingerprint density at radius 2 is 2.00 bits per heavy atom. The Hall–Kier alpha value is -1.59. The van der Waals surface area contributed by atoms with Gasteiger partial charge in [-0.25, -0.2) is 4.79 Å². The van der Waals surface area contributed by atoms with Gasteiger partial charge in [-0.05, 0) is 43.6 Å². The summed E-state index contributed by atoms with van der Waals surface area (Å²) >= 11 is 0. The summed E-state index contributed by atoms with van der Waals surface area (Å²) in [5.74, 6) is -0.315. The van der Waals surface area contributed by atoms with Crippen molar-refractivity contribution in [1.82, 2.24) is 9.47 Å². The van der Waals surface area contributed by atoms with Crippen LogP contribution in [0.15, 0.2) is 27.4 Å². The molecule has 1 N–H and O–H groups in total. The molecule has 19 heavy (non-hydrogen) atoms. The van der Waals surface area contributed by atoms with Crippen LogP contribution in [0, 0.1) is 0 Å². The van der Waals surface area contributed by atoms with Gasteiger partial charge in [-0.15, -0.1) is 0 Å². The molecule has 1 fully saturated rings. The van der Waals surface area contributed by atoms with Gasteiger partial charge >= 0.3 is 5.76 Å². The monoisotopic (exact) mass is 262 g/mol. The molecule has 102 valence electrons. The van der Waals surface area contributed by atoms with E-state index in [1.165, 1.54) is 12.8 Å². The minimum atomic E-state index is -0.315. The second kappa shape index (κ2) is 5.19. The van der Waals surface area contributed by atoms with Crippen molar-refractivity contribution in [3.8, 4) is 0 Å². The van der Waals surface area contributed by atoms with Gasteiger partial charge in [0.05, 0.1) is 12.1 Å². The molecular weight excluding hydrogens is 244 g/mol. The van der Waals surface area contributed by atoms with E-state index in [1.54, 1.807) is 10.6 Å². The third-order valence-electron chi connectivity index (χ3n) is 3.75. The predicted molar refractivity (Wildman–Crippen MR) is 72.1 cm³/mol. The molecule has 0 unspecified atom stereocenters. The van der Waals surface area contributed by atoms with E-state index < -0.39 is 0 Å². The first kappa shape index (κ1) is 12.4. The first-order valence-corrected chi connectivity index (χ1v) is 6.73. The second-order valence-electron chi connectivity index (χ2n) is 5.03. The molecule has 0 bridgehead atoms. The maximum Gasteiger partial charge on any atom is 0.419 e. The molecule has 1 aromatic heterocycles. The molecule has 1 aliphatic rings. The Morgan fingerprint density at radius 1 is 1.21 bits per heavy atom. The molecule has 2 heterocycles. The summed E-state index contributed by atoms with van der Waals surface area (Å²) in [4.78, 5) is 14.2. The fourth-order valence-corrected chi connectivity index (χ4v) is 2.67. The lowest BCUT2D eigenvalue weighted by Gasteiger charge is -2.14. The lowest BCUT2D eigenvalue weighted by molar-refractivity contribution is 0.282. The Morgan fingerprint density at radius 3 is 2.74 bits per heavy atom. The number of hydrogen-bond acceptors (Lipinski definition) is 4. The van der Waals surface area contributed by atoms with Gasteiger partial charge in [-0.1, -0.05) is 6.07 Å². The lowest BCUT2D eigenvalue weighted by Crippen LogP contribution is -2.27. The van der Waals surface area contributed by atoms with Crippen LogP contribution < -0.4 is 5.76 Å². The minimum Gasteiger partial charge on any atom is -0.408 e. The van der Waals surface area contributed by atoms with Crippen LogP contribution in [0.5, 0.6) is 0 Å². The fraction of sp³-hybridized carbons (Fsp3) is 0.500. The van der Waals surface area contributed by atoms with Crippen molar-refractivity contribution in [1.29, 1.82) is 0 Å². The van der Waals surface area contributed by atoms with E-state index in [0.717, 1.165) is 30.7 Å². The molecule has 1 aromatic carbocycles. The number of nitrogens with zero attached hydrogens (tertiary/aromatic N) is 2. The zero-order valence-corrected chi connectivity index (χ0v) is 10.8. The van der Waals surface area contributed by atoms with Crippen molar-refractivity contribution >= 4 is 11.1 Å². The van der Waals surface area contributed by atoms with Crippen molar-refractivity contribution in [3.05, 3.63) is 34.3 Å². The van der Waals surface area contributed by atoms with E-state index in [0.29, 0.717) is 12.1 Å². The standard InChI is InChI=1S/C14H18N2O3/c17-10-11-3-4-12-13(9-11)19-14(18)16(12)8-7-15-5-1-2-6-15/h3-4,9,17H,1-2,5-8,10H2. The molecule has 1 saturated heterocycles. The smallest absolute Gasteiger partial charge is 0.408 e. The average molecular weight is 262 g/mol. The molecule has 0 atom stereocenters. The van der Waals surface area contributed by atoms with Crippen molar-refractivity contribution in [2.45, 2.75) is 26.0 Å². The van der Waals surface area contributed by atoms with Crippen molar-refractivity contribution in [3.63, 3.8) is 0 Å². The number of likely N-dealkylation sites (tertiary alicyclic amines) is 1. The Balaban J connectivity index is 1.85. The van der Waals surface area contributed by atoms with Crippen molar-refractivity contribution < 1.29 is 9.52 Å². The minimum absolute atomic E-state index is 0.0430. The van der Waals surface area contributed by atoms with Crippen LogP contribution in [-0.4, -0.2) is 34.2 Å². The third kappa shape index (κ3) is 2.43. The third-order valence-corrected chi connectivity index (χ3v) is 3.75. The molecule has 5 nitrogen and oxygen atoms in total.